The van der Waals surface area contributed by atoms with Gasteiger partial charge in [0.2, 0.25) is 0 Å². The molecule has 2 rings (SSSR count). The second-order valence-corrected chi connectivity index (χ2v) is 9.21. The Hall–Kier alpha value is -0.960. The Bertz CT molecular complexity index is 620. The van der Waals surface area contributed by atoms with Crippen LogP contribution in [-0.2, 0) is 10.0 Å². The zero-order valence-electron chi connectivity index (χ0n) is 13.5. The first-order valence-corrected chi connectivity index (χ1v) is 10.3. The first-order valence-electron chi connectivity index (χ1n) is 8.03. The number of nitrogens with one attached hydrogen (secondary N) is 1. The average molecular weight is 360 g/mol. The van der Waals surface area contributed by atoms with Crippen LogP contribution < -0.4 is 11.1 Å². The van der Waals surface area contributed by atoms with Crippen molar-refractivity contribution in [1.29, 1.82) is 0 Å². The Morgan fingerprint density at radius 3 is 2.70 bits per heavy atom. The Morgan fingerprint density at radius 1 is 1.35 bits per heavy atom. The van der Waals surface area contributed by atoms with Gasteiger partial charge in [0.15, 0.2) is 0 Å². The molecule has 0 aliphatic carbocycles. The van der Waals surface area contributed by atoms with Gasteiger partial charge in [0.05, 0.1) is 4.88 Å². The molecule has 2 heterocycles. The molecule has 0 atom stereocenters. The normalized spacial score (nSPS) is 17.3. The fraction of sp³-hybridized carbons (Fsp3) is 0.667. The Kier molecular flexibility index (Phi) is 6.58. The molecule has 8 heteroatoms. The second-order valence-electron chi connectivity index (χ2n) is 5.96. The SMILES string of the molecule is CC1CCN(S(=O)(=O)c2ccc(C(=O)NCCCCN)s2)CC1. The summed E-state index contributed by atoms with van der Waals surface area (Å²) in [5.41, 5.74) is 5.41. The maximum absolute atomic E-state index is 12.6. The van der Waals surface area contributed by atoms with E-state index in [1.807, 2.05) is 0 Å². The van der Waals surface area contributed by atoms with Crippen molar-refractivity contribution < 1.29 is 13.2 Å². The molecule has 1 aromatic rings. The topological polar surface area (TPSA) is 92.5 Å². The maximum Gasteiger partial charge on any atom is 0.261 e. The lowest BCUT2D eigenvalue weighted by Crippen LogP contribution is -2.37. The highest BCUT2D eigenvalue weighted by atomic mass is 32.2. The first kappa shape index (κ1) is 18.4. The number of sulfonamides is 1. The lowest BCUT2D eigenvalue weighted by molar-refractivity contribution is 0.0957. The molecule has 1 aliphatic heterocycles. The molecule has 0 spiro atoms. The van der Waals surface area contributed by atoms with E-state index in [0.29, 0.717) is 37.0 Å². The number of unbranched alkanes of at least 4 members (excludes halogenated alkanes) is 1. The van der Waals surface area contributed by atoms with Crippen LogP contribution in [0.15, 0.2) is 16.3 Å². The number of piperidine rings is 1. The zero-order valence-corrected chi connectivity index (χ0v) is 15.1. The molecular formula is C15H25N3O3S2. The molecular weight excluding hydrogens is 334 g/mol. The van der Waals surface area contributed by atoms with Gasteiger partial charge in [-0.2, -0.15) is 4.31 Å². The lowest BCUT2D eigenvalue weighted by atomic mass is 10.0. The van der Waals surface area contributed by atoms with E-state index in [4.69, 9.17) is 5.73 Å². The minimum atomic E-state index is -3.47. The van der Waals surface area contributed by atoms with Gasteiger partial charge in [-0.3, -0.25) is 4.79 Å². The molecule has 1 amide bonds. The summed E-state index contributed by atoms with van der Waals surface area (Å²) in [6.45, 7) is 4.41. The third-order valence-corrected chi connectivity index (χ3v) is 7.51. The smallest absolute Gasteiger partial charge is 0.261 e. The van der Waals surface area contributed by atoms with E-state index in [-0.39, 0.29) is 10.1 Å². The van der Waals surface area contributed by atoms with Crippen molar-refractivity contribution in [3.05, 3.63) is 17.0 Å². The van der Waals surface area contributed by atoms with E-state index >= 15 is 0 Å². The predicted molar refractivity (Wildman–Crippen MR) is 92.1 cm³/mol. The molecule has 3 N–H and O–H groups in total. The van der Waals surface area contributed by atoms with Crippen LogP contribution in [-0.4, -0.2) is 44.8 Å². The maximum atomic E-state index is 12.6. The van der Waals surface area contributed by atoms with Crippen LogP contribution in [0.5, 0.6) is 0 Å². The number of carbonyl (C=O) groups is 1. The van der Waals surface area contributed by atoms with Crippen molar-refractivity contribution in [2.45, 2.75) is 36.8 Å². The third-order valence-electron chi connectivity index (χ3n) is 4.06. The number of amides is 1. The van der Waals surface area contributed by atoms with Gasteiger partial charge in [0, 0.05) is 19.6 Å². The third kappa shape index (κ3) is 4.76. The number of hydrogen-bond donors (Lipinski definition) is 2. The molecule has 0 bridgehead atoms. The average Bonchev–Trinajstić information content (AvgIpc) is 3.02. The lowest BCUT2D eigenvalue weighted by Gasteiger charge is -2.28. The van der Waals surface area contributed by atoms with Crippen molar-refractivity contribution in [2.75, 3.05) is 26.2 Å². The number of hydrogen-bond acceptors (Lipinski definition) is 5. The van der Waals surface area contributed by atoms with E-state index in [1.165, 1.54) is 10.4 Å². The largest absolute Gasteiger partial charge is 0.351 e. The Labute approximate surface area is 142 Å². The van der Waals surface area contributed by atoms with Crippen molar-refractivity contribution in [3.63, 3.8) is 0 Å². The summed E-state index contributed by atoms with van der Waals surface area (Å²) < 4.78 is 27.0. The molecule has 1 aromatic heterocycles. The molecule has 1 fully saturated rings. The number of rotatable bonds is 7. The van der Waals surface area contributed by atoms with Gasteiger partial charge in [0.25, 0.3) is 15.9 Å². The summed E-state index contributed by atoms with van der Waals surface area (Å²) in [5, 5.41) is 2.79. The van der Waals surface area contributed by atoms with Crippen LogP contribution in [0.2, 0.25) is 0 Å². The minimum absolute atomic E-state index is 0.222. The Morgan fingerprint density at radius 2 is 2.04 bits per heavy atom. The quantitative estimate of drug-likeness (QED) is 0.724. The molecule has 0 radical (unpaired) electrons. The standard InChI is InChI=1S/C15H25N3O3S2/c1-12-6-10-18(11-7-12)23(20,21)14-5-4-13(22-14)15(19)17-9-3-2-8-16/h4-5,12H,2-3,6-11,16H2,1H3,(H,17,19). The van der Waals surface area contributed by atoms with E-state index in [0.717, 1.165) is 37.0 Å². The van der Waals surface area contributed by atoms with Crippen LogP contribution in [0, 0.1) is 5.92 Å². The Balaban J connectivity index is 1.99. The number of carbonyl (C=O) groups excluding carboxylic acids is 1. The van der Waals surface area contributed by atoms with Gasteiger partial charge in [0.1, 0.15) is 4.21 Å². The van der Waals surface area contributed by atoms with Crippen molar-refractivity contribution >= 4 is 27.3 Å². The van der Waals surface area contributed by atoms with E-state index in [1.54, 1.807) is 6.07 Å². The van der Waals surface area contributed by atoms with Crippen LogP contribution in [0.1, 0.15) is 42.3 Å². The van der Waals surface area contributed by atoms with Crippen LogP contribution in [0.3, 0.4) is 0 Å². The fourth-order valence-corrected chi connectivity index (χ4v) is 5.34. The molecule has 1 saturated heterocycles. The predicted octanol–water partition coefficient (Wildman–Crippen LogP) is 1.64. The van der Waals surface area contributed by atoms with Crippen LogP contribution in [0.25, 0.3) is 0 Å². The van der Waals surface area contributed by atoms with Crippen molar-refractivity contribution in [1.82, 2.24) is 9.62 Å². The summed E-state index contributed by atoms with van der Waals surface area (Å²) in [4.78, 5) is 12.5. The zero-order chi connectivity index (χ0) is 16.9. The van der Waals surface area contributed by atoms with E-state index in [2.05, 4.69) is 12.2 Å². The second kappa shape index (κ2) is 8.23. The van der Waals surface area contributed by atoms with Gasteiger partial charge < -0.3 is 11.1 Å². The highest BCUT2D eigenvalue weighted by Gasteiger charge is 2.29. The van der Waals surface area contributed by atoms with Crippen LogP contribution in [0.4, 0.5) is 0 Å². The summed E-state index contributed by atoms with van der Waals surface area (Å²) in [6.07, 6.45) is 3.46. The molecule has 130 valence electrons. The highest BCUT2D eigenvalue weighted by Crippen LogP contribution is 2.28. The summed E-state index contributed by atoms with van der Waals surface area (Å²) in [7, 11) is -3.47. The van der Waals surface area contributed by atoms with E-state index < -0.39 is 10.0 Å². The van der Waals surface area contributed by atoms with Crippen molar-refractivity contribution in [3.8, 4) is 0 Å². The molecule has 6 nitrogen and oxygen atoms in total. The first-order chi connectivity index (χ1) is 10.9. The van der Waals surface area contributed by atoms with Crippen LogP contribution >= 0.6 is 11.3 Å². The summed E-state index contributed by atoms with van der Waals surface area (Å²) >= 11 is 1.04. The van der Waals surface area contributed by atoms with Gasteiger partial charge in [-0.25, -0.2) is 8.42 Å². The monoisotopic (exact) mass is 359 g/mol. The minimum Gasteiger partial charge on any atom is -0.351 e. The molecule has 1 aliphatic rings. The van der Waals surface area contributed by atoms with Gasteiger partial charge in [-0.05, 0) is 50.3 Å². The van der Waals surface area contributed by atoms with Crippen molar-refractivity contribution in [2.24, 2.45) is 11.7 Å². The molecule has 23 heavy (non-hydrogen) atoms. The summed E-state index contributed by atoms with van der Waals surface area (Å²) in [5.74, 6) is 0.348. The number of nitrogens with two attached hydrogens (primary N) is 1. The van der Waals surface area contributed by atoms with Gasteiger partial charge in [-0.15, -0.1) is 11.3 Å². The number of nitrogens with zero attached hydrogens (tertiary/aromatic N) is 1. The van der Waals surface area contributed by atoms with Gasteiger partial charge in [-0.1, -0.05) is 6.92 Å². The highest BCUT2D eigenvalue weighted by molar-refractivity contribution is 7.91. The van der Waals surface area contributed by atoms with Gasteiger partial charge >= 0.3 is 0 Å². The molecule has 0 unspecified atom stereocenters. The summed E-state index contributed by atoms with van der Waals surface area (Å²) in [6, 6.07) is 3.12. The van der Waals surface area contributed by atoms with E-state index in [9.17, 15) is 13.2 Å². The molecule has 0 saturated carbocycles. The molecule has 0 aromatic carbocycles. The number of thiophene rings is 1. The fourth-order valence-electron chi connectivity index (χ4n) is 2.49.